The molecule has 0 aliphatic heterocycles. The molecule has 212 valence electrons. The smallest absolute Gasteiger partial charge is 0.397 e. The van der Waals surface area contributed by atoms with Gasteiger partial charge in [-0.1, -0.05) is 34.6 Å². The molecule has 4 saturated carbocycles. The van der Waals surface area contributed by atoms with Gasteiger partial charge < -0.3 is 9.53 Å². The Hall–Kier alpha value is -0.653. The summed E-state index contributed by atoms with van der Waals surface area (Å²) in [5, 5.41) is 11.7. The zero-order valence-corrected chi connectivity index (χ0v) is 25.3. The van der Waals surface area contributed by atoms with E-state index >= 15 is 0 Å². The fraction of sp³-hybridized carbons (Fsp3) is 0.926. The summed E-state index contributed by atoms with van der Waals surface area (Å²) in [6.45, 7) is 14.5. The SMILES string of the molecule is CC(C)(C)[Si](C)(C)O[C@@H]1CC[C@@]2(C)[C@H](CC[C@@H]3[C@@H]2C(=O)C[C@@]2(C)[C@H]3CC[C@]2(O)C(=O)COS(=O)(=O)O)C1. The molecular formula is C27H46O8SSi. The molecule has 0 aromatic heterocycles. The molecule has 0 aromatic carbocycles. The molecule has 4 fully saturated rings. The fourth-order valence-electron chi connectivity index (χ4n) is 8.44. The molecule has 2 N–H and O–H groups in total. The van der Waals surface area contributed by atoms with E-state index in [9.17, 15) is 23.1 Å². The van der Waals surface area contributed by atoms with Crippen LogP contribution in [-0.4, -0.2) is 56.3 Å². The van der Waals surface area contributed by atoms with E-state index in [-0.39, 0.29) is 52.9 Å². The number of Topliss-reactive ketones (excluding diaryl/α,β-unsaturated/α-hetero) is 2. The number of carbonyl (C=O) groups is 2. The lowest BCUT2D eigenvalue weighted by atomic mass is 9.44. The van der Waals surface area contributed by atoms with Gasteiger partial charge in [0.1, 0.15) is 18.0 Å². The summed E-state index contributed by atoms with van der Waals surface area (Å²) in [4.78, 5) is 26.9. The Labute approximate surface area is 223 Å². The molecule has 0 saturated heterocycles. The van der Waals surface area contributed by atoms with Crippen LogP contribution in [0.1, 0.15) is 86.0 Å². The second-order valence-electron chi connectivity index (χ2n) is 14.4. The number of hydrogen-bond donors (Lipinski definition) is 2. The van der Waals surface area contributed by atoms with Crippen molar-refractivity contribution < 1.29 is 36.3 Å². The van der Waals surface area contributed by atoms with Crippen molar-refractivity contribution in [2.45, 2.75) is 116 Å². The number of rotatable bonds is 6. The van der Waals surface area contributed by atoms with Crippen molar-refractivity contribution in [3.8, 4) is 0 Å². The molecule has 37 heavy (non-hydrogen) atoms. The first-order valence-electron chi connectivity index (χ1n) is 13.8. The molecule has 8 nitrogen and oxygen atoms in total. The Kier molecular flexibility index (Phi) is 7.29. The van der Waals surface area contributed by atoms with Crippen molar-refractivity contribution in [2.75, 3.05) is 6.61 Å². The van der Waals surface area contributed by atoms with Crippen LogP contribution >= 0.6 is 0 Å². The van der Waals surface area contributed by atoms with Gasteiger partial charge in [0.15, 0.2) is 14.1 Å². The number of ketones is 2. The molecule has 0 aromatic rings. The highest BCUT2D eigenvalue weighted by Crippen LogP contribution is 2.67. The third-order valence-electron chi connectivity index (χ3n) is 11.5. The highest BCUT2D eigenvalue weighted by Gasteiger charge is 2.69. The molecule has 8 atom stereocenters. The summed E-state index contributed by atoms with van der Waals surface area (Å²) < 4.78 is 42.0. The monoisotopic (exact) mass is 558 g/mol. The van der Waals surface area contributed by atoms with Crippen LogP contribution in [-0.2, 0) is 28.6 Å². The predicted octanol–water partition coefficient (Wildman–Crippen LogP) is 4.72. The van der Waals surface area contributed by atoms with Crippen LogP contribution in [0.15, 0.2) is 0 Å². The van der Waals surface area contributed by atoms with Gasteiger partial charge in [-0.3, -0.25) is 14.1 Å². The van der Waals surface area contributed by atoms with Crippen molar-refractivity contribution >= 4 is 30.3 Å². The molecule has 0 amide bonds. The standard InChI is InChI=1S/C27H46O8SSi/c1-24(2,3)37(6,7)35-18-10-12-25(4)17(14-18)8-9-19-20-11-13-27(30,22(29)16-34-36(31,32)33)26(20,5)15-21(28)23(19)25/h17-20,23,30H,8-16H2,1-7H3,(H,31,32,33)/t17-,18-,19+,20+,23-,25+,26+,27+/m1/s1. The summed E-state index contributed by atoms with van der Waals surface area (Å²) in [5.41, 5.74) is -2.94. The number of carbonyl (C=O) groups excluding carboxylic acids is 2. The van der Waals surface area contributed by atoms with Crippen LogP contribution < -0.4 is 0 Å². The maximum Gasteiger partial charge on any atom is 0.397 e. The molecule has 10 heteroatoms. The average molecular weight is 559 g/mol. The van der Waals surface area contributed by atoms with E-state index < -0.39 is 42.1 Å². The van der Waals surface area contributed by atoms with Gasteiger partial charge in [0, 0.05) is 23.9 Å². The largest absolute Gasteiger partial charge is 0.414 e. The third-order valence-corrected chi connectivity index (χ3v) is 16.5. The number of aliphatic hydroxyl groups is 1. The minimum absolute atomic E-state index is 0.00568. The van der Waals surface area contributed by atoms with Gasteiger partial charge in [0.05, 0.1) is 0 Å². The summed E-state index contributed by atoms with van der Waals surface area (Å²) >= 11 is 0. The van der Waals surface area contributed by atoms with Crippen molar-refractivity contribution in [3.63, 3.8) is 0 Å². The van der Waals surface area contributed by atoms with E-state index in [1.165, 1.54) is 0 Å². The van der Waals surface area contributed by atoms with Crippen molar-refractivity contribution in [2.24, 2.45) is 34.5 Å². The average Bonchev–Trinajstić information content (AvgIpc) is 3.02. The topological polar surface area (TPSA) is 127 Å². The van der Waals surface area contributed by atoms with Gasteiger partial charge in [0.2, 0.25) is 0 Å². The van der Waals surface area contributed by atoms with Crippen LogP contribution in [0.3, 0.4) is 0 Å². The highest BCUT2D eigenvalue weighted by atomic mass is 32.3. The van der Waals surface area contributed by atoms with Crippen LogP contribution in [0.2, 0.25) is 18.1 Å². The fourth-order valence-corrected chi connectivity index (χ4v) is 10.1. The van der Waals surface area contributed by atoms with Gasteiger partial charge >= 0.3 is 10.4 Å². The van der Waals surface area contributed by atoms with Gasteiger partial charge in [-0.05, 0) is 86.2 Å². The van der Waals surface area contributed by atoms with E-state index in [1.807, 2.05) is 6.92 Å². The molecular weight excluding hydrogens is 512 g/mol. The normalized spacial score (nSPS) is 42.6. The van der Waals surface area contributed by atoms with E-state index in [4.69, 9.17) is 8.98 Å². The van der Waals surface area contributed by atoms with Gasteiger partial charge in [-0.15, -0.1) is 0 Å². The third kappa shape index (κ3) is 4.82. The molecule has 0 radical (unpaired) electrons. The predicted molar refractivity (Wildman–Crippen MR) is 142 cm³/mol. The first kappa shape index (κ1) is 29.3. The van der Waals surface area contributed by atoms with Crippen molar-refractivity contribution in [1.82, 2.24) is 0 Å². The van der Waals surface area contributed by atoms with Gasteiger partial charge in [0.25, 0.3) is 0 Å². The zero-order chi connectivity index (χ0) is 27.8. The first-order chi connectivity index (χ1) is 16.8. The summed E-state index contributed by atoms with van der Waals surface area (Å²) in [6, 6.07) is 0. The molecule has 4 aliphatic carbocycles. The van der Waals surface area contributed by atoms with E-state index in [1.54, 1.807) is 0 Å². The Balaban J connectivity index is 1.53. The lowest BCUT2D eigenvalue weighted by molar-refractivity contribution is -0.179. The lowest BCUT2D eigenvalue weighted by Gasteiger charge is -2.60. The molecule has 0 heterocycles. The molecule has 4 aliphatic rings. The minimum atomic E-state index is -4.81. The van der Waals surface area contributed by atoms with E-state index in [0.29, 0.717) is 12.3 Å². The Morgan fingerprint density at radius 1 is 1.11 bits per heavy atom. The molecule has 0 unspecified atom stereocenters. The van der Waals surface area contributed by atoms with Crippen molar-refractivity contribution in [3.05, 3.63) is 0 Å². The Morgan fingerprint density at radius 2 is 1.76 bits per heavy atom. The second kappa shape index (κ2) is 9.19. The first-order valence-corrected chi connectivity index (χ1v) is 18.1. The van der Waals surface area contributed by atoms with Crippen LogP contribution in [0.25, 0.3) is 0 Å². The van der Waals surface area contributed by atoms with Gasteiger partial charge in [-0.25, -0.2) is 4.18 Å². The molecule has 0 bridgehead atoms. The minimum Gasteiger partial charge on any atom is -0.414 e. The maximum atomic E-state index is 13.9. The van der Waals surface area contributed by atoms with E-state index in [0.717, 1.165) is 32.1 Å². The van der Waals surface area contributed by atoms with Crippen LogP contribution in [0.5, 0.6) is 0 Å². The van der Waals surface area contributed by atoms with E-state index in [2.05, 4.69) is 45.0 Å². The Bertz CT molecular complexity index is 1050. The van der Waals surface area contributed by atoms with Gasteiger partial charge in [-0.2, -0.15) is 8.42 Å². The molecule has 4 rings (SSSR count). The molecule has 0 spiro atoms. The highest BCUT2D eigenvalue weighted by molar-refractivity contribution is 7.80. The Morgan fingerprint density at radius 3 is 2.35 bits per heavy atom. The number of hydrogen-bond acceptors (Lipinski definition) is 7. The van der Waals surface area contributed by atoms with Crippen molar-refractivity contribution in [1.29, 1.82) is 0 Å². The summed E-state index contributed by atoms with van der Waals surface area (Å²) in [6.07, 6.45) is 5.87. The van der Waals surface area contributed by atoms with Crippen LogP contribution in [0, 0.1) is 34.5 Å². The lowest BCUT2D eigenvalue weighted by Crippen LogP contribution is -2.62. The second-order valence-corrected chi connectivity index (χ2v) is 20.2. The summed E-state index contributed by atoms with van der Waals surface area (Å²) in [7, 11) is -6.69. The summed E-state index contributed by atoms with van der Waals surface area (Å²) in [5.74, 6) is -0.267. The zero-order valence-electron chi connectivity index (χ0n) is 23.5. The number of fused-ring (bicyclic) bond motifs is 5. The van der Waals surface area contributed by atoms with Crippen LogP contribution in [0.4, 0.5) is 0 Å². The maximum absolute atomic E-state index is 13.9. The quantitative estimate of drug-likeness (QED) is 0.354.